The van der Waals surface area contributed by atoms with Crippen LogP contribution in [0.25, 0.3) is 0 Å². The van der Waals surface area contributed by atoms with Crippen LogP contribution in [-0.4, -0.2) is 18.5 Å². The van der Waals surface area contributed by atoms with Crippen molar-refractivity contribution < 1.29 is 4.79 Å². The second kappa shape index (κ2) is 6.04. The van der Waals surface area contributed by atoms with Crippen LogP contribution in [-0.2, 0) is 4.79 Å². The molecule has 0 aliphatic heterocycles. The van der Waals surface area contributed by atoms with Crippen LogP contribution >= 0.6 is 0 Å². The van der Waals surface area contributed by atoms with E-state index in [1.807, 2.05) is 6.08 Å². The predicted molar refractivity (Wildman–Crippen MR) is 67.0 cm³/mol. The number of amides is 1. The minimum atomic E-state index is -0.275. The maximum Gasteiger partial charge on any atom is 0.224 e. The summed E-state index contributed by atoms with van der Waals surface area (Å²) in [5.74, 6) is -0.131. The SMILES string of the molecule is C=CCCC(C)NCC1(C(N)=O)CCCC1. The van der Waals surface area contributed by atoms with Crippen LogP contribution in [0.1, 0.15) is 45.4 Å². The molecule has 1 aliphatic rings. The molecule has 0 aromatic rings. The molecule has 1 aliphatic carbocycles. The van der Waals surface area contributed by atoms with E-state index < -0.39 is 0 Å². The Morgan fingerprint density at radius 2 is 2.19 bits per heavy atom. The van der Waals surface area contributed by atoms with Crippen molar-refractivity contribution in [2.45, 2.75) is 51.5 Å². The van der Waals surface area contributed by atoms with E-state index in [4.69, 9.17) is 5.73 Å². The topological polar surface area (TPSA) is 55.1 Å². The number of primary amides is 1. The fourth-order valence-electron chi connectivity index (χ4n) is 2.40. The highest BCUT2D eigenvalue weighted by atomic mass is 16.1. The molecule has 0 aromatic heterocycles. The summed E-state index contributed by atoms with van der Waals surface area (Å²) >= 11 is 0. The summed E-state index contributed by atoms with van der Waals surface area (Å²) in [7, 11) is 0. The third kappa shape index (κ3) is 3.34. The van der Waals surface area contributed by atoms with E-state index in [9.17, 15) is 4.79 Å². The zero-order valence-corrected chi connectivity index (χ0v) is 10.3. The third-order valence-corrected chi connectivity index (χ3v) is 3.68. The third-order valence-electron chi connectivity index (χ3n) is 3.68. The van der Waals surface area contributed by atoms with Crippen molar-refractivity contribution in [1.82, 2.24) is 5.32 Å². The van der Waals surface area contributed by atoms with Crippen LogP contribution in [0, 0.1) is 5.41 Å². The number of allylic oxidation sites excluding steroid dienone is 1. The van der Waals surface area contributed by atoms with Gasteiger partial charge in [0.15, 0.2) is 0 Å². The molecule has 0 radical (unpaired) electrons. The van der Waals surface area contributed by atoms with Gasteiger partial charge in [0, 0.05) is 12.6 Å². The normalized spacial score (nSPS) is 20.6. The zero-order valence-electron chi connectivity index (χ0n) is 10.3. The molecule has 3 nitrogen and oxygen atoms in total. The van der Waals surface area contributed by atoms with Gasteiger partial charge >= 0.3 is 0 Å². The van der Waals surface area contributed by atoms with Gasteiger partial charge in [-0.15, -0.1) is 6.58 Å². The summed E-state index contributed by atoms with van der Waals surface area (Å²) in [4.78, 5) is 11.5. The Hall–Kier alpha value is -0.830. The molecule has 0 aromatic carbocycles. The Morgan fingerprint density at radius 3 is 2.69 bits per heavy atom. The summed E-state index contributed by atoms with van der Waals surface area (Å²) in [6, 6.07) is 0.426. The second-order valence-corrected chi connectivity index (χ2v) is 5.00. The number of nitrogens with one attached hydrogen (secondary N) is 1. The highest BCUT2D eigenvalue weighted by Gasteiger charge is 2.39. The lowest BCUT2D eigenvalue weighted by Crippen LogP contribution is -2.45. The summed E-state index contributed by atoms with van der Waals surface area (Å²) in [5, 5.41) is 3.43. The van der Waals surface area contributed by atoms with Crippen LogP contribution in [0.5, 0.6) is 0 Å². The molecule has 1 unspecified atom stereocenters. The molecule has 1 rings (SSSR count). The van der Waals surface area contributed by atoms with Gasteiger partial charge in [-0.3, -0.25) is 4.79 Å². The Bertz CT molecular complexity index is 244. The molecule has 1 atom stereocenters. The first kappa shape index (κ1) is 13.2. The van der Waals surface area contributed by atoms with Gasteiger partial charge in [-0.1, -0.05) is 18.9 Å². The fraction of sp³-hybridized carbons (Fsp3) is 0.769. The fourth-order valence-corrected chi connectivity index (χ4v) is 2.40. The van der Waals surface area contributed by atoms with Gasteiger partial charge in [0.25, 0.3) is 0 Å². The van der Waals surface area contributed by atoms with E-state index >= 15 is 0 Å². The first-order chi connectivity index (χ1) is 7.60. The second-order valence-electron chi connectivity index (χ2n) is 5.00. The summed E-state index contributed by atoms with van der Waals surface area (Å²) in [6.07, 6.45) is 8.16. The quantitative estimate of drug-likeness (QED) is 0.650. The van der Waals surface area contributed by atoms with E-state index in [-0.39, 0.29) is 11.3 Å². The van der Waals surface area contributed by atoms with Crippen LogP contribution < -0.4 is 11.1 Å². The van der Waals surface area contributed by atoms with Gasteiger partial charge in [-0.05, 0) is 32.6 Å². The molecule has 1 fully saturated rings. The molecular weight excluding hydrogens is 200 g/mol. The number of carbonyl (C=O) groups excluding carboxylic acids is 1. The first-order valence-corrected chi connectivity index (χ1v) is 6.25. The molecule has 1 saturated carbocycles. The molecule has 16 heavy (non-hydrogen) atoms. The Kier molecular flexibility index (Phi) is 5.00. The van der Waals surface area contributed by atoms with Crippen molar-refractivity contribution in [1.29, 1.82) is 0 Å². The molecular formula is C13H24N2O. The Labute approximate surface area is 98.5 Å². The van der Waals surface area contributed by atoms with E-state index in [1.165, 1.54) is 0 Å². The predicted octanol–water partition coefficient (Wildman–Crippen LogP) is 1.98. The molecule has 0 bridgehead atoms. The van der Waals surface area contributed by atoms with Gasteiger partial charge in [0.05, 0.1) is 5.41 Å². The minimum absolute atomic E-state index is 0.131. The smallest absolute Gasteiger partial charge is 0.224 e. The van der Waals surface area contributed by atoms with Crippen molar-refractivity contribution in [2.24, 2.45) is 11.1 Å². The maximum absolute atomic E-state index is 11.5. The lowest BCUT2D eigenvalue weighted by atomic mass is 9.85. The van der Waals surface area contributed by atoms with Gasteiger partial charge < -0.3 is 11.1 Å². The van der Waals surface area contributed by atoms with Crippen molar-refractivity contribution in [2.75, 3.05) is 6.54 Å². The van der Waals surface area contributed by atoms with Gasteiger partial charge in [-0.2, -0.15) is 0 Å². The van der Waals surface area contributed by atoms with Crippen LogP contribution in [0.4, 0.5) is 0 Å². The number of hydrogen-bond donors (Lipinski definition) is 2. The monoisotopic (exact) mass is 224 g/mol. The number of nitrogens with two attached hydrogens (primary N) is 1. The average Bonchev–Trinajstić information content (AvgIpc) is 2.73. The Morgan fingerprint density at radius 1 is 1.56 bits per heavy atom. The van der Waals surface area contributed by atoms with Crippen molar-refractivity contribution in [3.63, 3.8) is 0 Å². The molecule has 92 valence electrons. The zero-order chi connectivity index (χ0) is 12.0. The van der Waals surface area contributed by atoms with E-state index in [1.54, 1.807) is 0 Å². The molecule has 1 amide bonds. The number of hydrogen-bond acceptors (Lipinski definition) is 2. The molecule has 0 saturated heterocycles. The molecule has 0 spiro atoms. The van der Waals surface area contributed by atoms with Crippen LogP contribution in [0.2, 0.25) is 0 Å². The van der Waals surface area contributed by atoms with Crippen LogP contribution in [0.3, 0.4) is 0 Å². The molecule has 3 N–H and O–H groups in total. The van der Waals surface area contributed by atoms with E-state index in [0.717, 1.165) is 45.1 Å². The highest BCUT2D eigenvalue weighted by molar-refractivity contribution is 5.81. The van der Waals surface area contributed by atoms with Gasteiger partial charge in [0.2, 0.25) is 5.91 Å². The minimum Gasteiger partial charge on any atom is -0.369 e. The first-order valence-electron chi connectivity index (χ1n) is 6.25. The highest BCUT2D eigenvalue weighted by Crippen LogP contribution is 2.37. The Balaban J connectivity index is 2.38. The summed E-state index contributed by atoms with van der Waals surface area (Å²) in [5.41, 5.74) is 5.25. The van der Waals surface area contributed by atoms with Crippen LogP contribution in [0.15, 0.2) is 12.7 Å². The lowest BCUT2D eigenvalue weighted by Gasteiger charge is -2.27. The van der Waals surface area contributed by atoms with Crippen molar-refractivity contribution >= 4 is 5.91 Å². The summed E-state index contributed by atoms with van der Waals surface area (Å²) in [6.45, 7) is 6.59. The van der Waals surface area contributed by atoms with E-state index in [0.29, 0.717) is 6.04 Å². The van der Waals surface area contributed by atoms with Crippen molar-refractivity contribution in [3.8, 4) is 0 Å². The van der Waals surface area contributed by atoms with Crippen molar-refractivity contribution in [3.05, 3.63) is 12.7 Å². The van der Waals surface area contributed by atoms with Gasteiger partial charge in [-0.25, -0.2) is 0 Å². The largest absolute Gasteiger partial charge is 0.369 e. The van der Waals surface area contributed by atoms with Gasteiger partial charge in [0.1, 0.15) is 0 Å². The standard InChI is InChI=1S/C13H24N2O/c1-3-4-7-11(2)15-10-13(12(14)16)8-5-6-9-13/h3,11,15H,1,4-10H2,2H3,(H2,14,16). The average molecular weight is 224 g/mol. The maximum atomic E-state index is 11.5. The number of rotatable bonds is 7. The molecule has 3 heteroatoms. The number of carbonyl (C=O) groups is 1. The van der Waals surface area contributed by atoms with E-state index in [2.05, 4.69) is 18.8 Å². The lowest BCUT2D eigenvalue weighted by molar-refractivity contribution is -0.127. The molecule has 0 heterocycles. The summed E-state index contributed by atoms with van der Waals surface area (Å²) < 4.78 is 0.